The van der Waals surface area contributed by atoms with Crippen molar-refractivity contribution < 1.29 is 18.0 Å². The zero-order chi connectivity index (χ0) is 13.5. The number of hydrogen-bond acceptors (Lipinski definition) is 2. The summed E-state index contributed by atoms with van der Waals surface area (Å²) in [6, 6.07) is -0.673. The van der Waals surface area contributed by atoms with Gasteiger partial charge in [-0.2, -0.15) is 18.3 Å². The van der Waals surface area contributed by atoms with Crippen molar-refractivity contribution in [1.82, 2.24) is 15.1 Å². The number of nitrogens with zero attached hydrogens (tertiary/aromatic N) is 2. The molecule has 0 radical (unpaired) electrons. The Labute approximate surface area is 105 Å². The van der Waals surface area contributed by atoms with Crippen LogP contribution in [-0.4, -0.2) is 21.9 Å². The molecule has 0 bridgehead atoms. The fraction of sp³-hybridized carbons (Fsp3) is 0.556. The molecule has 1 saturated carbocycles. The van der Waals surface area contributed by atoms with Gasteiger partial charge in [0.25, 0.3) is 0 Å². The third kappa shape index (κ3) is 2.69. The van der Waals surface area contributed by atoms with Crippen molar-refractivity contribution in [2.24, 2.45) is 7.05 Å². The molecule has 1 heterocycles. The molecule has 0 saturated heterocycles. The van der Waals surface area contributed by atoms with Gasteiger partial charge in [-0.3, -0.25) is 4.68 Å². The van der Waals surface area contributed by atoms with Crippen molar-refractivity contribution in [1.29, 1.82) is 0 Å². The second-order valence-electron chi connectivity index (χ2n) is 4.01. The number of anilines is 1. The summed E-state index contributed by atoms with van der Waals surface area (Å²) < 4.78 is 38.9. The summed E-state index contributed by atoms with van der Waals surface area (Å²) in [5.41, 5.74) is -1.61. The Morgan fingerprint density at radius 1 is 1.50 bits per heavy atom. The zero-order valence-corrected chi connectivity index (χ0v) is 10.1. The largest absolute Gasteiger partial charge is 0.435 e. The molecule has 2 rings (SSSR count). The number of carbonyl (C=O) groups is 1. The van der Waals surface area contributed by atoms with E-state index in [1.54, 1.807) is 0 Å². The SMILES string of the molecule is Cn1nc(Cl)c(NC(=O)NC2CC2)c1C(F)(F)F. The average Bonchev–Trinajstić information content (AvgIpc) is 2.93. The van der Waals surface area contributed by atoms with Crippen molar-refractivity contribution >= 4 is 23.3 Å². The normalized spacial score (nSPS) is 15.6. The van der Waals surface area contributed by atoms with Crippen LogP contribution in [-0.2, 0) is 13.2 Å². The number of halogens is 4. The van der Waals surface area contributed by atoms with Crippen molar-refractivity contribution in [2.75, 3.05) is 5.32 Å². The van der Waals surface area contributed by atoms with Gasteiger partial charge in [0.15, 0.2) is 10.8 Å². The Morgan fingerprint density at radius 3 is 2.61 bits per heavy atom. The highest BCUT2D eigenvalue weighted by Gasteiger charge is 2.40. The summed E-state index contributed by atoms with van der Waals surface area (Å²) in [5, 5.41) is 7.65. The minimum absolute atomic E-state index is 0.0368. The molecule has 1 aromatic rings. The monoisotopic (exact) mass is 282 g/mol. The molecule has 2 amide bonds. The average molecular weight is 283 g/mol. The molecule has 0 aromatic carbocycles. The number of urea groups is 1. The van der Waals surface area contributed by atoms with Gasteiger partial charge in [0, 0.05) is 13.1 Å². The molecule has 1 aliphatic carbocycles. The first-order chi connectivity index (χ1) is 8.29. The van der Waals surface area contributed by atoms with E-state index in [0.29, 0.717) is 4.68 Å². The number of rotatable bonds is 2. The summed E-state index contributed by atoms with van der Waals surface area (Å²) in [6.45, 7) is 0. The van der Waals surface area contributed by atoms with E-state index >= 15 is 0 Å². The number of carbonyl (C=O) groups excluding carboxylic acids is 1. The van der Waals surface area contributed by atoms with Crippen molar-refractivity contribution in [2.45, 2.75) is 25.1 Å². The quantitative estimate of drug-likeness (QED) is 0.875. The van der Waals surface area contributed by atoms with Gasteiger partial charge in [-0.05, 0) is 12.8 Å². The number of nitrogens with one attached hydrogen (secondary N) is 2. The van der Waals surface area contributed by atoms with E-state index < -0.39 is 28.7 Å². The fourth-order valence-corrected chi connectivity index (χ4v) is 1.74. The molecule has 100 valence electrons. The zero-order valence-electron chi connectivity index (χ0n) is 9.31. The third-order valence-electron chi connectivity index (χ3n) is 2.42. The van der Waals surface area contributed by atoms with Crippen LogP contribution >= 0.6 is 11.6 Å². The molecule has 1 fully saturated rings. The molecule has 2 N–H and O–H groups in total. The molecule has 0 spiro atoms. The van der Waals surface area contributed by atoms with Crippen LogP contribution in [0.1, 0.15) is 18.5 Å². The van der Waals surface area contributed by atoms with Gasteiger partial charge in [-0.15, -0.1) is 0 Å². The molecule has 0 unspecified atom stereocenters. The molecule has 1 aromatic heterocycles. The summed E-state index contributed by atoms with van der Waals surface area (Å²) >= 11 is 5.58. The lowest BCUT2D eigenvalue weighted by Gasteiger charge is -2.11. The molecular weight excluding hydrogens is 273 g/mol. The van der Waals surface area contributed by atoms with Gasteiger partial charge in [0.2, 0.25) is 0 Å². The number of amides is 2. The Bertz CT molecular complexity index is 481. The number of aromatic nitrogens is 2. The van der Waals surface area contributed by atoms with Crippen LogP contribution in [0.3, 0.4) is 0 Å². The Kier molecular flexibility index (Phi) is 3.14. The third-order valence-corrected chi connectivity index (χ3v) is 2.69. The van der Waals surface area contributed by atoms with Gasteiger partial charge in [0.1, 0.15) is 5.69 Å². The predicted molar refractivity (Wildman–Crippen MR) is 58.4 cm³/mol. The fourth-order valence-electron chi connectivity index (χ4n) is 1.49. The maximum absolute atomic E-state index is 12.8. The minimum atomic E-state index is -4.64. The van der Waals surface area contributed by atoms with Gasteiger partial charge in [-0.25, -0.2) is 4.79 Å². The van der Waals surface area contributed by atoms with Crippen molar-refractivity contribution in [3.8, 4) is 0 Å². The number of aryl methyl sites for hydroxylation is 1. The standard InChI is InChI=1S/C9H10ClF3N4O/c1-17-6(9(11,12)13)5(7(10)16-17)15-8(18)14-4-2-3-4/h4H,2-3H2,1H3,(H2,14,15,18). The topological polar surface area (TPSA) is 59.0 Å². The van der Waals surface area contributed by atoms with Gasteiger partial charge in [0.05, 0.1) is 0 Å². The first kappa shape index (κ1) is 13.0. The van der Waals surface area contributed by atoms with Crippen LogP contribution in [0.4, 0.5) is 23.7 Å². The lowest BCUT2D eigenvalue weighted by atomic mass is 10.3. The van der Waals surface area contributed by atoms with Crippen LogP contribution in [0.25, 0.3) is 0 Å². The van der Waals surface area contributed by atoms with Crippen molar-refractivity contribution in [3.05, 3.63) is 10.8 Å². The smallest absolute Gasteiger partial charge is 0.335 e. The Morgan fingerprint density at radius 2 is 2.11 bits per heavy atom. The molecule has 0 aliphatic heterocycles. The van der Waals surface area contributed by atoms with E-state index in [0.717, 1.165) is 19.9 Å². The van der Waals surface area contributed by atoms with Crippen LogP contribution in [0.2, 0.25) is 5.15 Å². The van der Waals surface area contributed by atoms with E-state index in [4.69, 9.17) is 11.6 Å². The van der Waals surface area contributed by atoms with E-state index in [2.05, 4.69) is 15.7 Å². The van der Waals surface area contributed by atoms with Gasteiger partial charge < -0.3 is 10.6 Å². The first-order valence-electron chi connectivity index (χ1n) is 5.16. The molecular formula is C9H10ClF3N4O. The molecule has 0 atom stereocenters. The second kappa shape index (κ2) is 4.34. The Hall–Kier alpha value is -1.44. The summed E-state index contributed by atoms with van der Waals surface area (Å²) in [4.78, 5) is 11.4. The van der Waals surface area contributed by atoms with E-state index in [-0.39, 0.29) is 6.04 Å². The molecule has 18 heavy (non-hydrogen) atoms. The van der Waals surface area contributed by atoms with E-state index in [1.807, 2.05) is 0 Å². The lowest BCUT2D eigenvalue weighted by Crippen LogP contribution is -2.31. The summed E-state index contributed by atoms with van der Waals surface area (Å²) in [7, 11) is 1.11. The highest BCUT2D eigenvalue weighted by atomic mass is 35.5. The number of hydrogen-bond donors (Lipinski definition) is 2. The predicted octanol–water partition coefficient (Wildman–Crippen LogP) is 2.38. The summed E-state index contributed by atoms with van der Waals surface area (Å²) in [6.07, 6.45) is -2.97. The molecule has 9 heteroatoms. The first-order valence-corrected chi connectivity index (χ1v) is 5.54. The van der Waals surface area contributed by atoms with E-state index in [1.165, 1.54) is 0 Å². The molecule has 1 aliphatic rings. The molecule has 5 nitrogen and oxygen atoms in total. The van der Waals surface area contributed by atoms with Crippen LogP contribution in [0.15, 0.2) is 0 Å². The van der Waals surface area contributed by atoms with Gasteiger partial charge in [-0.1, -0.05) is 11.6 Å². The minimum Gasteiger partial charge on any atom is -0.335 e. The van der Waals surface area contributed by atoms with Crippen LogP contribution in [0.5, 0.6) is 0 Å². The highest BCUT2D eigenvalue weighted by Crippen LogP contribution is 2.38. The second-order valence-corrected chi connectivity index (χ2v) is 4.37. The van der Waals surface area contributed by atoms with E-state index in [9.17, 15) is 18.0 Å². The maximum atomic E-state index is 12.8. The lowest BCUT2D eigenvalue weighted by molar-refractivity contribution is -0.143. The van der Waals surface area contributed by atoms with Crippen molar-refractivity contribution in [3.63, 3.8) is 0 Å². The Balaban J connectivity index is 2.22. The maximum Gasteiger partial charge on any atom is 0.435 e. The number of alkyl halides is 3. The summed E-state index contributed by atoms with van der Waals surface area (Å²) in [5.74, 6) is 0. The highest BCUT2D eigenvalue weighted by molar-refractivity contribution is 6.32. The van der Waals surface area contributed by atoms with Crippen LogP contribution in [0, 0.1) is 0 Å². The van der Waals surface area contributed by atoms with Gasteiger partial charge >= 0.3 is 12.2 Å². The van der Waals surface area contributed by atoms with Crippen LogP contribution < -0.4 is 10.6 Å².